The number of hydrogen-bond acceptors (Lipinski definition) is 4. The van der Waals surface area contributed by atoms with Crippen LogP contribution in [0.2, 0.25) is 0 Å². The molecule has 138 valence electrons. The lowest BCUT2D eigenvalue weighted by molar-refractivity contribution is -0.146. The average molecular weight is 347 g/mol. The molecule has 1 aromatic carbocycles. The monoisotopic (exact) mass is 347 g/mol. The molecule has 25 heavy (non-hydrogen) atoms. The Labute approximate surface area is 150 Å². The number of carbonyl (C=O) groups is 1. The van der Waals surface area contributed by atoms with E-state index in [0.717, 1.165) is 30.6 Å². The van der Waals surface area contributed by atoms with Crippen molar-refractivity contribution in [3.63, 3.8) is 0 Å². The van der Waals surface area contributed by atoms with E-state index in [1.54, 1.807) is 7.11 Å². The zero-order valence-corrected chi connectivity index (χ0v) is 15.5. The van der Waals surface area contributed by atoms with Crippen LogP contribution >= 0.6 is 0 Å². The topological polar surface area (TPSA) is 48.0 Å². The predicted octanol–water partition coefficient (Wildman–Crippen LogP) is 2.72. The number of nitrogens with zero attached hydrogens (tertiary/aromatic N) is 1. The zero-order valence-electron chi connectivity index (χ0n) is 15.5. The Kier molecular flexibility index (Phi) is 5.97. The molecular formula is C20H29NO4. The van der Waals surface area contributed by atoms with Gasteiger partial charge in [0.1, 0.15) is 5.75 Å². The van der Waals surface area contributed by atoms with Crippen LogP contribution in [0.5, 0.6) is 5.75 Å². The van der Waals surface area contributed by atoms with Gasteiger partial charge in [-0.1, -0.05) is 24.1 Å². The molecule has 0 aromatic heterocycles. The number of hydrogen-bond donors (Lipinski definition) is 0. The smallest absolute Gasteiger partial charge is 0.260 e. The fourth-order valence-electron chi connectivity index (χ4n) is 4.16. The highest BCUT2D eigenvalue weighted by molar-refractivity contribution is 5.78. The molecule has 0 radical (unpaired) electrons. The van der Waals surface area contributed by atoms with Crippen molar-refractivity contribution in [3.8, 4) is 5.75 Å². The van der Waals surface area contributed by atoms with E-state index in [2.05, 4.69) is 6.07 Å². The number of ether oxygens (including phenoxy) is 3. The fourth-order valence-corrected chi connectivity index (χ4v) is 4.16. The summed E-state index contributed by atoms with van der Waals surface area (Å²) < 4.78 is 17.1. The summed E-state index contributed by atoms with van der Waals surface area (Å²) in [4.78, 5) is 14.8. The average Bonchev–Trinajstić information content (AvgIpc) is 3.09. The molecular weight excluding hydrogens is 318 g/mol. The van der Waals surface area contributed by atoms with Gasteiger partial charge in [-0.2, -0.15) is 0 Å². The fraction of sp³-hybridized carbons (Fsp3) is 0.650. The van der Waals surface area contributed by atoms with E-state index in [1.165, 1.54) is 5.56 Å². The number of aryl methyl sites for hydroxylation is 2. The van der Waals surface area contributed by atoms with Crippen LogP contribution in [-0.2, 0) is 14.3 Å². The highest BCUT2D eigenvalue weighted by Crippen LogP contribution is 2.34. The minimum absolute atomic E-state index is 0.0371. The van der Waals surface area contributed by atoms with Crippen molar-refractivity contribution < 1.29 is 19.0 Å². The van der Waals surface area contributed by atoms with Crippen molar-refractivity contribution in [2.24, 2.45) is 5.92 Å². The third-order valence-corrected chi connectivity index (χ3v) is 5.47. The number of amides is 1. The Morgan fingerprint density at radius 3 is 2.92 bits per heavy atom. The lowest BCUT2D eigenvalue weighted by atomic mass is 9.94. The second kappa shape index (κ2) is 8.19. The third kappa shape index (κ3) is 4.15. The molecule has 1 amide bonds. The van der Waals surface area contributed by atoms with Gasteiger partial charge in [0.05, 0.1) is 25.4 Å². The van der Waals surface area contributed by atoms with E-state index < -0.39 is 0 Å². The summed E-state index contributed by atoms with van der Waals surface area (Å²) in [5.74, 6) is 1.17. The Morgan fingerprint density at radius 2 is 2.16 bits per heavy atom. The molecule has 1 aliphatic carbocycles. The summed E-state index contributed by atoms with van der Waals surface area (Å²) in [6.07, 6.45) is 3.54. The first-order valence-corrected chi connectivity index (χ1v) is 9.20. The number of benzene rings is 1. The summed E-state index contributed by atoms with van der Waals surface area (Å²) in [6, 6.07) is 6.11. The number of methoxy groups -OCH3 is 1. The molecule has 0 bridgehead atoms. The Balaban J connectivity index is 1.64. The van der Waals surface area contributed by atoms with Crippen LogP contribution in [-0.4, -0.2) is 56.4 Å². The second-order valence-corrected chi connectivity index (χ2v) is 7.16. The summed E-state index contributed by atoms with van der Waals surface area (Å²) in [6.45, 7) is 5.95. The van der Waals surface area contributed by atoms with Crippen molar-refractivity contribution >= 4 is 5.91 Å². The molecule has 2 fully saturated rings. The van der Waals surface area contributed by atoms with E-state index in [1.807, 2.05) is 30.9 Å². The summed E-state index contributed by atoms with van der Waals surface area (Å²) in [5, 5.41) is 0. The Morgan fingerprint density at radius 1 is 1.32 bits per heavy atom. The molecule has 1 aromatic rings. The lowest BCUT2D eigenvalue weighted by Crippen LogP contribution is -2.54. The van der Waals surface area contributed by atoms with E-state index >= 15 is 0 Å². The van der Waals surface area contributed by atoms with Crippen LogP contribution in [0.1, 0.15) is 30.4 Å². The van der Waals surface area contributed by atoms with Crippen molar-refractivity contribution in [1.82, 2.24) is 4.90 Å². The van der Waals surface area contributed by atoms with Gasteiger partial charge in [-0.25, -0.2) is 0 Å². The number of carbonyl (C=O) groups excluding carboxylic acids is 1. The first kappa shape index (κ1) is 18.2. The highest BCUT2D eigenvalue weighted by atomic mass is 16.5. The van der Waals surface area contributed by atoms with E-state index in [-0.39, 0.29) is 24.7 Å². The maximum atomic E-state index is 12.8. The van der Waals surface area contributed by atoms with Crippen molar-refractivity contribution in [2.75, 3.05) is 33.5 Å². The van der Waals surface area contributed by atoms with E-state index in [0.29, 0.717) is 25.7 Å². The van der Waals surface area contributed by atoms with Crippen LogP contribution in [0.4, 0.5) is 0 Å². The summed E-state index contributed by atoms with van der Waals surface area (Å²) in [7, 11) is 1.77. The normalized spacial score (nSPS) is 26.7. The van der Waals surface area contributed by atoms with Gasteiger partial charge < -0.3 is 19.1 Å². The molecule has 2 aliphatic rings. The molecule has 0 N–H and O–H groups in total. The summed E-state index contributed by atoms with van der Waals surface area (Å²) >= 11 is 0. The second-order valence-electron chi connectivity index (χ2n) is 7.16. The molecule has 0 spiro atoms. The van der Waals surface area contributed by atoms with E-state index in [9.17, 15) is 4.79 Å². The van der Waals surface area contributed by atoms with Crippen LogP contribution in [0.25, 0.3) is 0 Å². The molecule has 1 saturated heterocycles. The standard InChI is InChI=1S/C20H29NO4/c1-14-7-8-18(15(2)11-14)25-13-20(22)21-9-10-24-12-17(21)16-5-4-6-19(16)23-3/h7-8,11,16-17,19H,4-6,9-10,12-13H2,1-3H3. The van der Waals surface area contributed by atoms with Gasteiger partial charge in [0.15, 0.2) is 6.61 Å². The van der Waals surface area contributed by atoms with Crippen LogP contribution in [0, 0.1) is 19.8 Å². The van der Waals surface area contributed by atoms with Gasteiger partial charge in [0, 0.05) is 19.6 Å². The molecule has 3 atom stereocenters. The first-order chi connectivity index (χ1) is 12.1. The first-order valence-electron chi connectivity index (χ1n) is 9.20. The molecule has 1 aliphatic heterocycles. The van der Waals surface area contributed by atoms with Crippen molar-refractivity contribution in [1.29, 1.82) is 0 Å². The zero-order chi connectivity index (χ0) is 17.8. The van der Waals surface area contributed by atoms with Crippen LogP contribution < -0.4 is 4.74 Å². The minimum Gasteiger partial charge on any atom is -0.484 e. The summed E-state index contributed by atoms with van der Waals surface area (Å²) in [5.41, 5.74) is 2.25. The van der Waals surface area contributed by atoms with Gasteiger partial charge in [0.2, 0.25) is 0 Å². The number of morpholine rings is 1. The SMILES string of the molecule is COC1CCCC1C1COCCN1C(=O)COc1ccc(C)cc1C. The van der Waals surface area contributed by atoms with Gasteiger partial charge >= 0.3 is 0 Å². The lowest BCUT2D eigenvalue weighted by Gasteiger charge is -2.40. The van der Waals surface area contributed by atoms with Crippen LogP contribution in [0.15, 0.2) is 18.2 Å². The molecule has 1 saturated carbocycles. The molecule has 5 heteroatoms. The highest BCUT2D eigenvalue weighted by Gasteiger charge is 2.40. The Bertz CT molecular complexity index is 603. The van der Waals surface area contributed by atoms with Gasteiger partial charge in [0.25, 0.3) is 5.91 Å². The van der Waals surface area contributed by atoms with Gasteiger partial charge in [-0.15, -0.1) is 0 Å². The van der Waals surface area contributed by atoms with Gasteiger partial charge in [-0.05, 0) is 38.3 Å². The maximum Gasteiger partial charge on any atom is 0.260 e. The predicted molar refractivity (Wildman–Crippen MR) is 95.9 cm³/mol. The third-order valence-electron chi connectivity index (χ3n) is 5.47. The van der Waals surface area contributed by atoms with Crippen molar-refractivity contribution in [3.05, 3.63) is 29.3 Å². The molecule has 3 rings (SSSR count). The minimum atomic E-state index is 0.0371. The Hall–Kier alpha value is -1.59. The quantitative estimate of drug-likeness (QED) is 0.822. The molecule has 1 heterocycles. The van der Waals surface area contributed by atoms with Crippen LogP contribution in [0.3, 0.4) is 0 Å². The maximum absolute atomic E-state index is 12.8. The largest absolute Gasteiger partial charge is 0.484 e. The van der Waals surface area contributed by atoms with Gasteiger partial charge in [-0.3, -0.25) is 4.79 Å². The van der Waals surface area contributed by atoms with Crippen molar-refractivity contribution in [2.45, 2.75) is 45.3 Å². The number of rotatable bonds is 5. The molecule has 5 nitrogen and oxygen atoms in total. The molecule has 3 unspecified atom stereocenters. The van der Waals surface area contributed by atoms with E-state index in [4.69, 9.17) is 14.2 Å².